The number of cyclic esters (lactones) is 1. The SMILES string of the molecule is CO[C@@H]1C[C@H](O[C@H]2CC[C@@]3(C)[C@@H](CC[C@@H]4[C@@H]3CC[C@]3(C)[C@@H](C5=CC(=O)OC5)CC[C@]43O)C2)O[C@H](C)[C@@H]1O. The molecule has 1 saturated heterocycles. The van der Waals surface area contributed by atoms with E-state index < -0.39 is 11.7 Å². The van der Waals surface area contributed by atoms with E-state index in [-0.39, 0.29) is 47.3 Å². The van der Waals surface area contributed by atoms with Crippen LogP contribution in [-0.2, 0) is 23.7 Å². The van der Waals surface area contributed by atoms with Crippen molar-refractivity contribution in [1.82, 2.24) is 0 Å². The van der Waals surface area contributed by atoms with Gasteiger partial charge in [-0.05, 0) is 99.4 Å². The van der Waals surface area contributed by atoms with Crippen LogP contribution >= 0.6 is 0 Å². The van der Waals surface area contributed by atoms with E-state index in [0.29, 0.717) is 30.8 Å². The lowest BCUT2D eigenvalue weighted by molar-refractivity contribution is -0.273. The number of hydrogen-bond donors (Lipinski definition) is 2. The second kappa shape index (κ2) is 9.29. The van der Waals surface area contributed by atoms with Crippen LogP contribution in [0.5, 0.6) is 0 Å². The molecule has 6 rings (SSSR count). The first kappa shape index (κ1) is 26.2. The predicted octanol–water partition coefficient (Wildman–Crippen LogP) is 4.14. The third-order valence-corrected chi connectivity index (χ3v) is 12.2. The summed E-state index contributed by atoms with van der Waals surface area (Å²) in [6.07, 6.45) is 10.2. The van der Waals surface area contributed by atoms with Crippen molar-refractivity contribution in [2.75, 3.05) is 13.7 Å². The van der Waals surface area contributed by atoms with E-state index in [1.807, 2.05) is 6.92 Å². The van der Waals surface area contributed by atoms with Crippen LogP contribution in [0.3, 0.4) is 0 Å². The van der Waals surface area contributed by atoms with Gasteiger partial charge in [0, 0.05) is 25.0 Å². The molecule has 12 atom stereocenters. The van der Waals surface area contributed by atoms with Crippen molar-refractivity contribution in [3.05, 3.63) is 11.6 Å². The molecular weight excluding hydrogens is 472 g/mol. The van der Waals surface area contributed by atoms with Crippen molar-refractivity contribution in [1.29, 1.82) is 0 Å². The van der Waals surface area contributed by atoms with Crippen LogP contribution in [0.4, 0.5) is 0 Å². The zero-order valence-corrected chi connectivity index (χ0v) is 23.0. The molecule has 6 aliphatic rings. The highest BCUT2D eigenvalue weighted by Crippen LogP contribution is 2.70. The minimum atomic E-state index is -0.670. The van der Waals surface area contributed by atoms with Crippen molar-refractivity contribution in [3.8, 4) is 0 Å². The van der Waals surface area contributed by atoms with E-state index in [1.54, 1.807) is 13.2 Å². The maximum Gasteiger partial charge on any atom is 0.331 e. The fourth-order valence-corrected chi connectivity index (χ4v) is 10.0. The average molecular weight is 519 g/mol. The number of hydrogen-bond acceptors (Lipinski definition) is 7. The van der Waals surface area contributed by atoms with E-state index in [0.717, 1.165) is 63.4 Å². The number of rotatable bonds is 4. The van der Waals surface area contributed by atoms with Crippen LogP contribution in [0.25, 0.3) is 0 Å². The van der Waals surface area contributed by atoms with Crippen molar-refractivity contribution in [3.63, 3.8) is 0 Å². The van der Waals surface area contributed by atoms with Crippen molar-refractivity contribution < 1.29 is 34.0 Å². The highest BCUT2D eigenvalue weighted by Gasteiger charge is 2.67. The Kier molecular flexibility index (Phi) is 6.59. The average Bonchev–Trinajstić information content (AvgIpc) is 3.41. The number of carbonyl (C=O) groups is 1. The van der Waals surface area contributed by atoms with Gasteiger partial charge in [0.25, 0.3) is 0 Å². The Hall–Kier alpha value is -0.990. The highest BCUT2D eigenvalue weighted by atomic mass is 16.7. The van der Waals surface area contributed by atoms with Gasteiger partial charge in [0.2, 0.25) is 0 Å². The summed E-state index contributed by atoms with van der Waals surface area (Å²) >= 11 is 0. The standard InChI is InChI=1S/C30H46O7/c1-17-27(32)24(34-4)15-26(36-17)37-20-7-10-28(2)19(14-20)5-6-23-22(28)8-11-29(3)21(9-12-30(23,29)33)18-13-25(31)35-16-18/h13,17,19-24,26-27,32-33H,5-12,14-16H2,1-4H3/t17-,19+,20+,21-,22+,23-,24-,26+,27+,28+,29-,30+/m1/s1. The van der Waals surface area contributed by atoms with Crippen LogP contribution in [0.15, 0.2) is 11.6 Å². The first-order valence-electron chi connectivity index (χ1n) is 14.7. The number of methoxy groups -OCH3 is 1. The van der Waals surface area contributed by atoms with Crippen molar-refractivity contribution >= 4 is 5.97 Å². The Labute approximate surface area is 221 Å². The minimum Gasteiger partial charge on any atom is -0.458 e. The van der Waals surface area contributed by atoms with Gasteiger partial charge in [0.15, 0.2) is 6.29 Å². The molecule has 2 N–H and O–H groups in total. The summed E-state index contributed by atoms with van der Waals surface area (Å²) in [5, 5.41) is 22.7. The van der Waals surface area contributed by atoms with Crippen LogP contribution < -0.4 is 0 Å². The van der Waals surface area contributed by atoms with Gasteiger partial charge in [0.05, 0.1) is 23.9 Å². The molecule has 7 nitrogen and oxygen atoms in total. The summed E-state index contributed by atoms with van der Waals surface area (Å²) in [7, 11) is 1.64. The minimum absolute atomic E-state index is 0.166. The molecule has 5 fully saturated rings. The lowest BCUT2D eigenvalue weighted by Gasteiger charge is -2.64. The zero-order valence-electron chi connectivity index (χ0n) is 23.0. The van der Waals surface area contributed by atoms with E-state index in [4.69, 9.17) is 18.9 Å². The quantitative estimate of drug-likeness (QED) is 0.427. The number of ether oxygens (including phenoxy) is 4. The third kappa shape index (κ3) is 3.97. The summed E-state index contributed by atoms with van der Waals surface area (Å²) < 4.78 is 23.2. The second-order valence-electron chi connectivity index (χ2n) is 13.6. The van der Waals surface area contributed by atoms with Gasteiger partial charge in [-0.2, -0.15) is 0 Å². The lowest BCUT2D eigenvalue weighted by atomic mass is 9.43. The fourth-order valence-electron chi connectivity index (χ4n) is 10.0. The smallest absolute Gasteiger partial charge is 0.331 e. The Bertz CT molecular complexity index is 935. The number of esters is 1. The molecule has 208 valence electrons. The van der Waals surface area contributed by atoms with Crippen molar-refractivity contribution in [2.45, 2.75) is 121 Å². The first-order valence-corrected chi connectivity index (χ1v) is 14.7. The fraction of sp³-hybridized carbons (Fsp3) is 0.900. The number of fused-ring (bicyclic) bond motifs is 5. The normalized spacial score (nSPS) is 53.6. The Morgan fingerprint density at radius 3 is 2.57 bits per heavy atom. The number of carbonyl (C=O) groups excluding carboxylic acids is 1. The summed E-state index contributed by atoms with van der Waals surface area (Å²) in [6, 6.07) is 0. The van der Waals surface area contributed by atoms with E-state index in [9.17, 15) is 15.0 Å². The summed E-state index contributed by atoms with van der Waals surface area (Å²) in [5.74, 6) is 1.45. The molecule has 4 saturated carbocycles. The molecule has 0 aromatic heterocycles. The molecule has 0 aromatic carbocycles. The van der Waals surface area contributed by atoms with Crippen molar-refractivity contribution in [2.24, 2.45) is 34.5 Å². The van der Waals surface area contributed by atoms with Gasteiger partial charge >= 0.3 is 5.97 Å². The van der Waals surface area contributed by atoms with Gasteiger partial charge in [-0.25, -0.2) is 4.79 Å². The number of aliphatic hydroxyl groups is 2. The summed E-state index contributed by atoms with van der Waals surface area (Å²) in [6.45, 7) is 7.07. The second-order valence-corrected chi connectivity index (χ2v) is 13.6. The van der Waals surface area contributed by atoms with E-state index in [2.05, 4.69) is 13.8 Å². The van der Waals surface area contributed by atoms with Crippen LogP contribution in [-0.4, -0.2) is 66.2 Å². The molecule has 0 radical (unpaired) electrons. The van der Waals surface area contributed by atoms with Gasteiger partial charge < -0.3 is 29.2 Å². The maximum absolute atomic E-state index is 12.4. The van der Waals surface area contributed by atoms with E-state index >= 15 is 0 Å². The van der Waals surface area contributed by atoms with Crippen LogP contribution in [0, 0.1) is 34.5 Å². The first-order chi connectivity index (χ1) is 17.6. The largest absolute Gasteiger partial charge is 0.458 e. The summed E-state index contributed by atoms with van der Waals surface area (Å²) in [4.78, 5) is 11.8. The predicted molar refractivity (Wildman–Crippen MR) is 136 cm³/mol. The van der Waals surface area contributed by atoms with E-state index in [1.165, 1.54) is 0 Å². The van der Waals surface area contributed by atoms with Crippen LogP contribution in [0.1, 0.15) is 85.0 Å². The molecule has 4 aliphatic carbocycles. The highest BCUT2D eigenvalue weighted by molar-refractivity contribution is 5.85. The van der Waals surface area contributed by atoms with Gasteiger partial charge in [-0.3, -0.25) is 0 Å². The Balaban J connectivity index is 1.15. The third-order valence-electron chi connectivity index (χ3n) is 12.2. The monoisotopic (exact) mass is 518 g/mol. The Morgan fingerprint density at radius 2 is 1.84 bits per heavy atom. The van der Waals surface area contributed by atoms with Gasteiger partial charge in [0.1, 0.15) is 12.7 Å². The zero-order chi connectivity index (χ0) is 26.2. The molecule has 7 heteroatoms. The molecule has 0 bridgehead atoms. The number of aliphatic hydroxyl groups excluding tert-OH is 1. The summed E-state index contributed by atoms with van der Waals surface area (Å²) in [5.41, 5.74) is 0.461. The lowest BCUT2D eigenvalue weighted by Crippen LogP contribution is -2.62. The molecular formula is C30H46O7. The molecule has 37 heavy (non-hydrogen) atoms. The maximum atomic E-state index is 12.4. The molecule has 0 unspecified atom stereocenters. The molecule has 0 spiro atoms. The molecule has 2 heterocycles. The van der Waals surface area contributed by atoms with Gasteiger partial charge in [-0.1, -0.05) is 13.8 Å². The van der Waals surface area contributed by atoms with Gasteiger partial charge in [-0.15, -0.1) is 0 Å². The molecule has 0 aromatic rings. The molecule has 0 amide bonds. The Morgan fingerprint density at radius 1 is 1.03 bits per heavy atom. The topological polar surface area (TPSA) is 94.5 Å². The molecule has 2 aliphatic heterocycles. The van der Waals surface area contributed by atoms with Crippen LogP contribution in [0.2, 0.25) is 0 Å².